The van der Waals surface area contributed by atoms with Crippen LogP contribution in [-0.2, 0) is 19.1 Å². The summed E-state index contributed by atoms with van der Waals surface area (Å²) in [5.74, 6) is -4.62. The molecule has 6 heteroatoms. The van der Waals surface area contributed by atoms with E-state index in [4.69, 9.17) is 10.5 Å². The zero-order valence-electron chi connectivity index (χ0n) is 10.8. The highest BCUT2D eigenvalue weighted by Gasteiger charge is 2.52. The van der Waals surface area contributed by atoms with E-state index in [0.717, 1.165) is 0 Å². The molecule has 2 aliphatic carbocycles. The van der Waals surface area contributed by atoms with Gasteiger partial charge in [0.2, 0.25) is 0 Å². The van der Waals surface area contributed by atoms with Crippen molar-refractivity contribution in [1.29, 1.82) is 0 Å². The Labute approximate surface area is 116 Å². The van der Waals surface area contributed by atoms with Crippen molar-refractivity contribution in [3.63, 3.8) is 0 Å². The molecule has 2 rings (SSSR count). The number of fused-ring (bicyclic) bond motifs is 2. The summed E-state index contributed by atoms with van der Waals surface area (Å²) >= 11 is 0. The second kappa shape index (κ2) is 5.48. The molecule has 0 aromatic heterocycles. The summed E-state index contributed by atoms with van der Waals surface area (Å²) in [5.41, 5.74) is 7.05. The molecule has 0 aromatic rings. The van der Waals surface area contributed by atoms with Crippen LogP contribution < -0.4 is 5.73 Å². The minimum absolute atomic E-state index is 0.0580. The highest BCUT2D eigenvalue weighted by molar-refractivity contribution is 5.86. The van der Waals surface area contributed by atoms with Gasteiger partial charge in [-0.05, 0) is 18.3 Å². The van der Waals surface area contributed by atoms with Crippen LogP contribution in [0.25, 0.3) is 0 Å². The van der Waals surface area contributed by atoms with E-state index in [1.165, 1.54) is 6.08 Å². The van der Waals surface area contributed by atoms with Crippen LogP contribution in [0.2, 0.25) is 0 Å². The molecule has 20 heavy (non-hydrogen) atoms. The molecule has 1 radical (unpaired) electrons. The van der Waals surface area contributed by atoms with Crippen molar-refractivity contribution in [2.75, 3.05) is 0 Å². The molecular formula is C14H16NO5. The predicted octanol–water partition coefficient (Wildman–Crippen LogP) is 0.807. The quantitative estimate of drug-likeness (QED) is 0.571. The number of carboxylic acids is 1. The van der Waals surface area contributed by atoms with Crippen molar-refractivity contribution in [2.24, 2.45) is 23.7 Å². The van der Waals surface area contributed by atoms with Gasteiger partial charge >= 0.3 is 11.9 Å². The molecule has 1 saturated carbocycles. The van der Waals surface area contributed by atoms with E-state index in [1.54, 1.807) is 0 Å². The van der Waals surface area contributed by atoms with E-state index in [9.17, 15) is 19.5 Å². The Balaban J connectivity index is 2.12. The number of nitrogens with one attached hydrogen (secondary N) is 1. The number of hydrogen-bond donors (Lipinski definition) is 1. The van der Waals surface area contributed by atoms with Crippen LogP contribution >= 0.6 is 0 Å². The highest BCUT2D eigenvalue weighted by atomic mass is 16.5. The third kappa shape index (κ3) is 2.45. The number of carbonyl (C=O) groups is 3. The first-order valence-corrected chi connectivity index (χ1v) is 6.43. The summed E-state index contributed by atoms with van der Waals surface area (Å²) in [5, 5.41) is 9.24. The second-order valence-corrected chi connectivity index (χ2v) is 5.15. The van der Waals surface area contributed by atoms with E-state index < -0.39 is 35.8 Å². The van der Waals surface area contributed by atoms with Crippen LogP contribution in [0.15, 0.2) is 24.8 Å². The fraction of sp³-hybridized carbons (Fsp3) is 0.500. The van der Waals surface area contributed by atoms with Crippen LogP contribution in [0, 0.1) is 23.7 Å². The third-order valence-corrected chi connectivity index (χ3v) is 3.95. The molecule has 5 unspecified atom stereocenters. The Hall–Kier alpha value is -2.11. The first-order valence-electron chi connectivity index (χ1n) is 6.43. The van der Waals surface area contributed by atoms with Crippen LogP contribution in [0.1, 0.15) is 12.8 Å². The molecule has 0 saturated heterocycles. The summed E-state index contributed by atoms with van der Waals surface area (Å²) in [6.45, 7) is 3.44. The van der Waals surface area contributed by atoms with Crippen LogP contribution in [-0.4, -0.2) is 29.1 Å². The van der Waals surface area contributed by atoms with Crippen molar-refractivity contribution >= 4 is 17.8 Å². The number of allylic oxidation sites excluding steroid dienone is 2. The van der Waals surface area contributed by atoms with Gasteiger partial charge < -0.3 is 9.84 Å². The zero-order valence-corrected chi connectivity index (χ0v) is 10.8. The number of carboxylic acid groups (broad SMARTS) is 1. The van der Waals surface area contributed by atoms with Gasteiger partial charge in [-0.15, -0.1) is 6.58 Å². The van der Waals surface area contributed by atoms with E-state index in [0.29, 0.717) is 6.42 Å². The van der Waals surface area contributed by atoms with Crippen molar-refractivity contribution in [2.45, 2.75) is 18.9 Å². The molecule has 107 valence electrons. The third-order valence-electron chi connectivity index (χ3n) is 3.95. The van der Waals surface area contributed by atoms with E-state index in [2.05, 4.69) is 6.58 Å². The summed E-state index contributed by atoms with van der Waals surface area (Å²) < 4.78 is 5.02. The number of rotatable bonds is 6. The number of hydrogen-bond acceptors (Lipinski definition) is 4. The standard InChI is InChI=1S/C14H16NO5/c1-2-3-9(12(15)16)20-14(19)11-8-5-4-7(6-8)10(11)13(17)18/h2,4-5,7-11,15H,1,3,6H2,(H,17,18). The number of carbonyl (C=O) groups excluding carboxylic acids is 2. The lowest BCUT2D eigenvalue weighted by atomic mass is 9.83. The monoisotopic (exact) mass is 278 g/mol. The maximum absolute atomic E-state index is 12.2. The van der Waals surface area contributed by atoms with Gasteiger partial charge in [-0.3, -0.25) is 20.1 Å². The zero-order chi connectivity index (χ0) is 14.9. The van der Waals surface area contributed by atoms with Crippen LogP contribution in [0.4, 0.5) is 0 Å². The molecule has 2 N–H and O–H groups in total. The Morgan fingerprint density at radius 3 is 2.45 bits per heavy atom. The molecule has 0 spiro atoms. The fourth-order valence-corrected chi connectivity index (χ4v) is 3.06. The number of amides is 1. The summed E-state index contributed by atoms with van der Waals surface area (Å²) in [7, 11) is 0. The summed E-state index contributed by atoms with van der Waals surface area (Å²) in [6, 6.07) is 0. The molecule has 1 amide bonds. The Morgan fingerprint density at radius 2 is 1.95 bits per heavy atom. The average molecular weight is 278 g/mol. The lowest BCUT2D eigenvalue weighted by molar-refractivity contribution is -0.165. The predicted molar refractivity (Wildman–Crippen MR) is 68.2 cm³/mol. The maximum atomic E-state index is 12.2. The molecular weight excluding hydrogens is 262 g/mol. The van der Waals surface area contributed by atoms with Gasteiger partial charge in [-0.1, -0.05) is 18.2 Å². The van der Waals surface area contributed by atoms with Crippen LogP contribution in [0.3, 0.4) is 0 Å². The molecule has 6 nitrogen and oxygen atoms in total. The molecule has 2 bridgehead atoms. The first-order chi connectivity index (χ1) is 9.45. The van der Waals surface area contributed by atoms with E-state index in [1.807, 2.05) is 12.2 Å². The van der Waals surface area contributed by atoms with Gasteiger partial charge in [0.1, 0.15) is 0 Å². The second-order valence-electron chi connectivity index (χ2n) is 5.15. The Bertz CT molecular complexity index is 484. The normalized spacial score (nSPS) is 31.8. The Kier molecular flexibility index (Phi) is 3.92. The number of esters is 1. The minimum atomic E-state index is -1.20. The fourth-order valence-electron chi connectivity index (χ4n) is 3.06. The first kappa shape index (κ1) is 14.3. The van der Waals surface area contributed by atoms with Gasteiger partial charge in [0.25, 0.3) is 5.91 Å². The van der Waals surface area contributed by atoms with Gasteiger partial charge in [-0.25, -0.2) is 0 Å². The van der Waals surface area contributed by atoms with Crippen molar-refractivity contribution in [3.8, 4) is 0 Å². The molecule has 5 atom stereocenters. The van der Waals surface area contributed by atoms with Crippen LogP contribution in [0.5, 0.6) is 0 Å². The molecule has 0 heterocycles. The van der Waals surface area contributed by atoms with E-state index >= 15 is 0 Å². The largest absolute Gasteiger partial charge is 0.481 e. The number of aliphatic carboxylic acids is 1. The molecule has 0 aliphatic heterocycles. The lowest BCUT2D eigenvalue weighted by Gasteiger charge is -2.24. The smallest absolute Gasteiger partial charge is 0.311 e. The summed E-state index contributed by atoms with van der Waals surface area (Å²) in [6.07, 6.45) is 4.53. The Morgan fingerprint density at radius 1 is 1.35 bits per heavy atom. The van der Waals surface area contributed by atoms with Gasteiger partial charge in [-0.2, -0.15) is 0 Å². The van der Waals surface area contributed by atoms with Gasteiger partial charge in [0.05, 0.1) is 11.8 Å². The van der Waals surface area contributed by atoms with E-state index in [-0.39, 0.29) is 18.3 Å². The van der Waals surface area contributed by atoms with Crippen molar-refractivity contribution < 1.29 is 24.2 Å². The van der Waals surface area contributed by atoms with Crippen molar-refractivity contribution in [1.82, 2.24) is 5.73 Å². The maximum Gasteiger partial charge on any atom is 0.311 e. The molecule has 1 fully saturated rings. The van der Waals surface area contributed by atoms with Crippen molar-refractivity contribution in [3.05, 3.63) is 24.8 Å². The SMILES string of the molecule is C=CCC(OC(=O)C1C2C=CC(C2)C1C(=O)O)C([NH])=O. The van der Waals surface area contributed by atoms with Gasteiger partial charge in [0, 0.05) is 6.42 Å². The number of ether oxygens (including phenoxy) is 1. The summed E-state index contributed by atoms with van der Waals surface area (Å²) in [4.78, 5) is 34.5. The topological polar surface area (TPSA) is 104 Å². The minimum Gasteiger partial charge on any atom is -0.481 e. The lowest BCUT2D eigenvalue weighted by Crippen LogP contribution is -2.38. The average Bonchev–Trinajstić information content (AvgIpc) is 2.97. The highest BCUT2D eigenvalue weighted by Crippen LogP contribution is 2.48. The molecule has 2 aliphatic rings. The molecule has 0 aromatic carbocycles. The van der Waals surface area contributed by atoms with Gasteiger partial charge in [0.15, 0.2) is 6.10 Å².